The van der Waals surface area contributed by atoms with Crippen LogP contribution >= 0.6 is 31.9 Å². The molecule has 1 aliphatic heterocycles. The van der Waals surface area contributed by atoms with Crippen LogP contribution in [0.1, 0.15) is 54.0 Å². The minimum Gasteiger partial charge on any atom is -0.438 e. The Bertz CT molecular complexity index is 1570. The number of amides is 1. The maximum absolute atomic E-state index is 14.3. The minimum atomic E-state index is -4.61. The van der Waals surface area contributed by atoms with Gasteiger partial charge < -0.3 is 14.4 Å². The van der Waals surface area contributed by atoms with E-state index in [-0.39, 0.29) is 26.5 Å². The first-order chi connectivity index (χ1) is 20.7. The molecule has 0 saturated heterocycles. The van der Waals surface area contributed by atoms with Gasteiger partial charge in [-0.3, -0.25) is 23.4 Å². The van der Waals surface area contributed by atoms with Crippen LogP contribution in [0.15, 0.2) is 41.3 Å². The fourth-order valence-electron chi connectivity index (χ4n) is 4.09. The van der Waals surface area contributed by atoms with Gasteiger partial charge in [0, 0.05) is 29.2 Å². The first-order valence-corrected chi connectivity index (χ1v) is 16.6. The van der Waals surface area contributed by atoms with Crippen molar-refractivity contribution in [2.24, 2.45) is 10.8 Å². The number of rotatable bonds is 11. The summed E-state index contributed by atoms with van der Waals surface area (Å²) in [6.07, 6.45) is 0.429. The van der Waals surface area contributed by atoms with Crippen LogP contribution in [0.3, 0.4) is 0 Å². The summed E-state index contributed by atoms with van der Waals surface area (Å²) in [6, 6.07) is 8.25. The van der Waals surface area contributed by atoms with Crippen molar-refractivity contribution in [3.05, 3.63) is 52.0 Å². The summed E-state index contributed by atoms with van der Waals surface area (Å²) in [4.78, 5) is 39.0. The molecule has 12 nitrogen and oxygen atoms in total. The summed E-state index contributed by atoms with van der Waals surface area (Å²) < 4.78 is 63.1. The van der Waals surface area contributed by atoms with E-state index in [4.69, 9.17) is 41.9 Å². The molecule has 2 aromatic rings. The lowest BCUT2D eigenvalue weighted by Crippen LogP contribution is -2.52. The van der Waals surface area contributed by atoms with Crippen LogP contribution in [0, 0.1) is 10.8 Å². The predicted octanol–water partition coefficient (Wildman–Crippen LogP) is 6.13. The molecule has 1 unspecified atom stereocenters. The maximum Gasteiger partial charge on any atom is 0.362 e. The number of benzene rings is 2. The van der Waals surface area contributed by atoms with Gasteiger partial charge in [0.25, 0.3) is 10.0 Å². The van der Waals surface area contributed by atoms with Crippen LogP contribution in [0.25, 0.3) is 0 Å². The molecule has 0 N–H and O–H groups in total. The second kappa shape index (κ2) is 13.9. The highest BCUT2D eigenvalue weighted by molar-refractivity contribution is 7.92. The Balaban J connectivity index is 2.21. The fraction of sp³-hybridized carbons (Fsp3) is 0.483. The second-order valence-electron chi connectivity index (χ2n) is 12.3. The van der Waals surface area contributed by atoms with Crippen molar-refractivity contribution in [3.63, 3.8) is 0 Å². The zero-order valence-electron chi connectivity index (χ0n) is 25.9. The lowest BCUT2D eigenvalue weighted by atomic mass is 9.97. The molecule has 45 heavy (non-hydrogen) atoms. The summed E-state index contributed by atoms with van der Waals surface area (Å²) in [5.41, 5.74) is -0.793. The van der Waals surface area contributed by atoms with Gasteiger partial charge in [0.2, 0.25) is 5.91 Å². The molecule has 16 heteroatoms. The lowest BCUT2D eigenvalue weighted by Gasteiger charge is -2.36. The monoisotopic (exact) mass is 704 g/mol. The molecule has 1 heterocycles. The molecule has 0 aliphatic carbocycles. The molecule has 1 amide bonds. The van der Waals surface area contributed by atoms with E-state index in [1.165, 1.54) is 52.0 Å². The van der Waals surface area contributed by atoms with E-state index in [9.17, 15) is 27.4 Å². The number of hydrogen-bond acceptors (Lipinski definition) is 10. The van der Waals surface area contributed by atoms with Crippen LogP contribution in [0.5, 0.6) is 0 Å². The van der Waals surface area contributed by atoms with Crippen molar-refractivity contribution >= 4 is 71.1 Å². The van der Waals surface area contributed by atoms with E-state index in [0.717, 1.165) is 4.31 Å². The third kappa shape index (κ3) is 8.93. The molecule has 0 spiro atoms. The smallest absolute Gasteiger partial charge is 0.362 e. The minimum absolute atomic E-state index is 0.0252. The molecule has 0 saturated carbocycles. The first-order valence-electron chi connectivity index (χ1n) is 13.7. The summed E-state index contributed by atoms with van der Waals surface area (Å²) >= 11 is 12.3. The van der Waals surface area contributed by atoms with Crippen molar-refractivity contribution in [2.75, 3.05) is 29.1 Å². The molecule has 0 bridgehead atoms. The van der Waals surface area contributed by atoms with Crippen LogP contribution in [0.2, 0.25) is 10.0 Å². The number of esters is 2. The van der Waals surface area contributed by atoms with Gasteiger partial charge >= 0.3 is 26.6 Å². The predicted molar refractivity (Wildman–Crippen MR) is 168 cm³/mol. The average molecular weight is 706 g/mol. The molecule has 0 fully saturated rings. The number of carbonyl (C=O) groups is 3. The fourth-order valence-corrected chi connectivity index (χ4v) is 6.53. The largest absolute Gasteiger partial charge is 0.438 e. The summed E-state index contributed by atoms with van der Waals surface area (Å²) in [5.74, 6) is -4.49. The summed E-state index contributed by atoms with van der Waals surface area (Å²) in [7, 11) is -5.67. The second-order valence-corrected chi connectivity index (χ2v) is 15.3. The number of anilines is 2. The molecule has 246 valence electrons. The number of nitrogens with zero attached hydrogens (tertiary/aromatic N) is 2. The van der Waals surface area contributed by atoms with Crippen LogP contribution in [0.4, 0.5) is 11.4 Å². The molecule has 2 aromatic carbocycles. The van der Waals surface area contributed by atoms with E-state index >= 15 is 0 Å². The quantitative estimate of drug-likeness (QED) is 0.152. The van der Waals surface area contributed by atoms with Gasteiger partial charge in [-0.2, -0.15) is 0 Å². The number of fused-ring (bicyclic) bond motifs is 1. The van der Waals surface area contributed by atoms with E-state index in [1.54, 1.807) is 37.8 Å². The summed E-state index contributed by atoms with van der Waals surface area (Å²) in [5, 5.41) is 0.0503. The van der Waals surface area contributed by atoms with Gasteiger partial charge in [0.15, 0.2) is 6.79 Å². The number of ether oxygens (including phenoxy) is 3. The Kier molecular flexibility index (Phi) is 11.3. The highest BCUT2D eigenvalue weighted by atomic mass is 35.5. The third-order valence-electron chi connectivity index (χ3n) is 6.51. The van der Waals surface area contributed by atoms with E-state index < -0.39 is 60.8 Å². The van der Waals surface area contributed by atoms with Crippen LogP contribution in [-0.2, 0) is 54.1 Å². The Morgan fingerprint density at radius 2 is 1.56 bits per heavy atom. The van der Waals surface area contributed by atoms with Crippen molar-refractivity contribution in [3.8, 4) is 0 Å². The van der Waals surface area contributed by atoms with Crippen molar-refractivity contribution in [1.29, 1.82) is 0 Å². The number of carbonyl (C=O) groups excluding carboxylic acids is 3. The van der Waals surface area contributed by atoms with Crippen LogP contribution < -0.4 is 9.21 Å². The zero-order chi connectivity index (χ0) is 34.0. The average Bonchev–Trinajstić information content (AvgIpc) is 3.34. The van der Waals surface area contributed by atoms with Gasteiger partial charge in [-0.25, -0.2) is 17.5 Å². The van der Waals surface area contributed by atoms with Gasteiger partial charge in [0.1, 0.15) is 6.54 Å². The highest BCUT2D eigenvalue weighted by Gasteiger charge is 2.47. The topological polar surface area (TPSA) is 146 Å². The van der Waals surface area contributed by atoms with E-state index in [1.807, 2.05) is 0 Å². The number of halogens is 2. The number of hydrogen-bond donors (Lipinski definition) is 0. The molecule has 1 atom stereocenters. The molecule has 0 radical (unpaired) electrons. The highest BCUT2D eigenvalue weighted by Crippen LogP contribution is 2.37. The SMILES string of the molecule is CC(=O)N1CCc2cc(N(CC(OCOC(=O)C(C)(C)C)(OP=O)OC(=O)C(C)(C)C)S(=O)(=O)c3cc(Cl)cc(Cl)c3)ccc21. The standard InChI is InChI=1S/C29H35Cl2N2O10PS/c1-18(34)32-11-10-19-12-22(8-9-24(19)32)33(45(38,39)23-14-20(30)13-21(31)15-23)16-29(43-44-37,42-26(36)28(5,6)7)41-17-40-25(35)27(2,3)4/h8-9,12-15H,10-11,16-17H2,1-7H3. The lowest BCUT2D eigenvalue weighted by molar-refractivity contribution is -0.338. The molecule has 3 rings (SSSR count). The Morgan fingerprint density at radius 3 is 2.09 bits per heavy atom. The van der Waals surface area contributed by atoms with Crippen molar-refractivity contribution < 1.29 is 46.1 Å². The Hall–Kier alpha value is -2.80. The maximum atomic E-state index is 14.3. The van der Waals surface area contributed by atoms with E-state index in [2.05, 4.69) is 0 Å². The molecular weight excluding hydrogens is 670 g/mol. The van der Waals surface area contributed by atoms with Gasteiger partial charge in [-0.05, 0) is 89.9 Å². The first kappa shape index (κ1) is 36.7. The van der Waals surface area contributed by atoms with Gasteiger partial charge in [-0.15, -0.1) is 0 Å². The van der Waals surface area contributed by atoms with Crippen molar-refractivity contribution in [1.82, 2.24) is 0 Å². The zero-order valence-corrected chi connectivity index (χ0v) is 29.1. The third-order valence-corrected chi connectivity index (χ3v) is 9.05. The Morgan fingerprint density at radius 1 is 0.956 bits per heavy atom. The van der Waals surface area contributed by atoms with E-state index in [0.29, 0.717) is 24.2 Å². The summed E-state index contributed by atoms with van der Waals surface area (Å²) in [6.45, 7) is 9.38. The van der Waals surface area contributed by atoms with Gasteiger partial charge in [0.05, 0.1) is 21.4 Å². The van der Waals surface area contributed by atoms with Gasteiger partial charge in [-0.1, -0.05) is 23.2 Å². The van der Waals surface area contributed by atoms with Crippen LogP contribution in [-0.4, -0.2) is 52.1 Å². The molecule has 1 aliphatic rings. The normalized spacial score (nSPS) is 14.9. The number of sulfonamides is 1. The van der Waals surface area contributed by atoms with Crippen molar-refractivity contribution in [2.45, 2.75) is 65.8 Å². The molecular formula is C29H35Cl2N2O10PS. The Labute approximate surface area is 274 Å². The molecule has 0 aromatic heterocycles.